The van der Waals surface area contributed by atoms with Crippen LogP contribution in [0.4, 0.5) is 0 Å². The molecule has 24 heavy (non-hydrogen) atoms. The predicted octanol–water partition coefficient (Wildman–Crippen LogP) is 1.75. The van der Waals surface area contributed by atoms with Crippen molar-refractivity contribution in [3.05, 3.63) is 41.1 Å². The van der Waals surface area contributed by atoms with Crippen LogP contribution in [0.5, 0.6) is 0 Å². The van der Waals surface area contributed by atoms with Crippen molar-refractivity contribution < 1.29 is 19.4 Å². The molecule has 0 amide bonds. The molecule has 0 radical (unpaired) electrons. The van der Waals surface area contributed by atoms with Crippen LogP contribution >= 0.6 is 0 Å². The molecule has 1 aromatic heterocycles. The van der Waals surface area contributed by atoms with E-state index in [0.29, 0.717) is 17.6 Å². The second kappa shape index (κ2) is 6.96. The molecule has 0 spiro atoms. The lowest BCUT2D eigenvalue weighted by molar-refractivity contribution is 0.0513. The second-order valence-corrected chi connectivity index (χ2v) is 11.4. The summed E-state index contributed by atoms with van der Waals surface area (Å²) in [5.41, 5.74) is 1.43. The van der Waals surface area contributed by atoms with Crippen molar-refractivity contribution in [2.75, 3.05) is 6.61 Å². The molecule has 0 bridgehead atoms. The Labute approximate surface area is 141 Å². The molecular weight excluding hydrogens is 326 g/mol. The Morgan fingerprint density at radius 1 is 1.21 bits per heavy atom. The number of benzene rings is 1. The molecule has 1 N–H and O–H groups in total. The van der Waals surface area contributed by atoms with Gasteiger partial charge in [-0.3, -0.25) is 0 Å². The van der Waals surface area contributed by atoms with E-state index >= 15 is 0 Å². The van der Waals surface area contributed by atoms with Gasteiger partial charge in [0.05, 0.1) is 24.0 Å². The third-order valence-electron chi connectivity index (χ3n) is 3.45. The molecule has 128 valence electrons. The minimum Gasteiger partial charge on any atom is -0.478 e. The Bertz CT molecular complexity index is 748. The lowest BCUT2D eigenvalue weighted by Crippen LogP contribution is -2.43. The first kappa shape index (κ1) is 17.9. The van der Waals surface area contributed by atoms with E-state index in [0.717, 1.165) is 5.56 Å². The first-order chi connectivity index (χ1) is 11.2. The highest BCUT2D eigenvalue weighted by Crippen LogP contribution is 2.11. The van der Waals surface area contributed by atoms with E-state index in [9.17, 15) is 9.59 Å². The van der Waals surface area contributed by atoms with Gasteiger partial charge in [-0.2, -0.15) is 0 Å². The summed E-state index contributed by atoms with van der Waals surface area (Å²) >= 11 is 0. The molecule has 0 aliphatic rings. The molecule has 1 aromatic carbocycles. The molecule has 0 saturated heterocycles. The van der Waals surface area contributed by atoms with Gasteiger partial charge in [-0.1, -0.05) is 37.0 Å². The van der Waals surface area contributed by atoms with E-state index in [1.165, 1.54) is 16.8 Å². The summed E-state index contributed by atoms with van der Waals surface area (Å²) in [6.07, 6.45) is 0. The summed E-state index contributed by atoms with van der Waals surface area (Å²) in [6, 6.07) is 6.46. The maximum absolute atomic E-state index is 12.3. The van der Waals surface area contributed by atoms with Crippen molar-refractivity contribution in [1.29, 1.82) is 0 Å². The van der Waals surface area contributed by atoms with Crippen LogP contribution in [0.2, 0.25) is 19.6 Å². The highest BCUT2D eigenvalue weighted by molar-refractivity contribution is 6.88. The number of ether oxygens (including phenoxy) is 1. The van der Waals surface area contributed by atoms with Crippen LogP contribution in [0.1, 0.15) is 33.3 Å². The Morgan fingerprint density at radius 2 is 1.83 bits per heavy atom. The normalized spacial score (nSPS) is 11.3. The summed E-state index contributed by atoms with van der Waals surface area (Å²) < 4.78 is 6.68. The van der Waals surface area contributed by atoms with Gasteiger partial charge in [0.2, 0.25) is 0 Å². The van der Waals surface area contributed by atoms with Crippen molar-refractivity contribution in [1.82, 2.24) is 15.0 Å². The third-order valence-corrected chi connectivity index (χ3v) is 5.21. The first-order valence-corrected chi connectivity index (χ1v) is 11.2. The number of carbonyl (C=O) groups excluding carboxylic acids is 1. The molecule has 8 heteroatoms. The van der Waals surface area contributed by atoms with Crippen molar-refractivity contribution in [2.24, 2.45) is 0 Å². The monoisotopic (exact) mass is 347 g/mol. The van der Waals surface area contributed by atoms with Gasteiger partial charge in [0.1, 0.15) is 8.07 Å². The Morgan fingerprint density at radius 3 is 2.33 bits per heavy atom. The quantitative estimate of drug-likeness (QED) is 0.632. The molecule has 0 aliphatic carbocycles. The maximum Gasteiger partial charge on any atom is 0.358 e. The fraction of sp³-hybridized carbons (Fsp3) is 0.375. The van der Waals surface area contributed by atoms with E-state index in [1.807, 2.05) is 0 Å². The maximum atomic E-state index is 12.3. The number of hydrogen-bond donors (Lipinski definition) is 1. The van der Waals surface area contributed by atoms with Crippen LogP contribution in [0.25, 0.3) is 0 Å². The van der Waals surface area contributed by atoms with Gasteiger partial charge < -0.3 is 9.84 Å². The zero-order valence-corrected chi connectivity index (χ0v) is 15.2. The van der Waals surface area contributed by atoms with E-state index in [4.69, 9.17) is 9.84 Å². The number of aromatic carboxylic acids is 1. The molecule has 0 unspecified atom stereocenters. The van der Waals surface area contributed by atoms with Crippen molar-refractivity contribution in [3.63, 3.8) is 0 Å². The first-order valence-electron chi connectivity index (χ1n) is 7.67. The van der Waals surface area contributed by atoms with Crippen molar-refractivity contribution in [3.8, 4) is 0 Å². The Hall–Kier alpha value is -2.48. The minimum atomic E-state index is -1.86. The zero-order valence-electron chi connectivity index (χ0n) is 14.2. The van der Waals surface area contributed by atoms with Crippen LogP contribution < -0.4 is 5.32 Å². The van der Waals surface area contributed by atoms with Crippen LogP contribution in [0.3, 0.4) is 0 Å². The lowest BCUT2D eigenvalue weighted by Gasteiger charge is -2.15. The predicted molar refractivity (Wildman–Crippen MR) is 91.5 cm³/mol. The van der Waals surface area contributed by atoms with Gasteiger partial charge in [-0.15, -0.1) is 5.10 Å². The molecule has 0 atom stereocenters. The number of carboxylic acids is 1. The van der Waals surface area contributed by atoms with Crippen molar-refractivity contribution >= 4 is 25.3 Å². The van der Waals surface area contributed by atoms with Gasteiger partial charge in [-0.05, 0) is 24.6 Å². The summed E-state index contributed by atoms with van der Waals surface area (Å²) in [6.45, 7) is 8.63. The zero-order chi connectivity index (χ0) is 17.9. The van der Waals surface area contributed by atoms with Crippen LogP contribution in [-0.4, -0.2) is 46.7 Å². The number of rotatable bonds is 6. The molecule has 0 saturated carbocycles. The van der Waals surface area contributed by atoms with Gasteiger partial charge in [0.15, 0.2) is 5.69 Å². The molecule has 0 aliphatic heterocycles. The van der Waals surface area contributed by atoms with Crippen molar-refractivity contribution in [2.45, 2.75) is 33.1 Å². The fourth-order valence-corrected chi connectivity index (χ4v) is 3.54. The molecule has 2 aromatic rings. The summed E-state index contributed by atoms with van der Waals surface area (Å²) in [5, 5.41) is 18.0. The van der Waals surface area contributed by atoms with E-state index in [1.54, 1.807) is 19.1 Å². The van der Waals surface area contributed by atoms with E-state index in [2.05, 4.69) is 30.0 Å². The highest BCUT2D eigenvalue weighted by Gasteiger charge is 2.31. The smallest absolute Gasteiger partial charge is 0.358 e. The van der Waals surface area contributed by atoms with Crippen LogP contribution in [0, 0.1) is 0 Å². The van der Waals surface area contributed by atoms with Gasteiger partial charge in [-0.25, -0.2) is 14.3 Å². The number of carbonyl (C=O) groups is 2. The van der Waals surface area contributed by atoms with Crippen LogP contribution in [0.15, 0.2) is 24.3 Å². The minimum absolute atomic E-state index is 0.214. The number of hydrogen-bond acceptors (Lipinski definition) is 5. The Kier molecular flexibility index (Phi) is 5.18. The largest absolute Gasteiger partial charge is 0.478 e. The van der Waals surface area contributed by atoms with Gasteiger partial charge in [0, 0.05) is 0 Å². The van der Waals surface area contributed by atoms with Gasteiger partial charge >= 0.3 is 11.9 Å². The average Bonchev–Trinajstić information content (AvgIpc) is 2.92. The fourth-order valence-electron chi connectivity index (χ4n) is 2.26. The standard InChI is InChI=1S/C16H21N3O4Si/c1-5-23-16(22)13-14(24(2,3)4)17-18-19(13)10-11-6-8-12(9-7-11)15(20)21/h6-9H,5,10H2,1-4H3,(H,20,21). The molecular formula is C16H21N3O4Si. The van der Waals surface area contributed by atoms with E-state index in [-0.39, 0.29) is 12.2 Å². The number of aromatic nitrogens is 3. The summed E-state index contributed by atoms with van der Waals surface area (Å²) in [7, 11) is -1.86. The highest BCUT2D eigenvalue weighted by atomic mass is 28.3. The molecule has 0 fully saturated rings. The second-order valence-electron chi connectivity index (χ2n) is 6.42. The number of esters is 1. The van der Waals surface area contributed by atoms with E-state index < -0.39 is 20.0 Å². The molecule has 7 nitrogen and oxygen atoms in total. The van der Waals surface area contributed by atoms with Crippen LogP contribution in [-0.2, 0) is 11.3 Å². The molecule has 2 rings (SSSR count). The SMILES string of the molecule is CCOC(=O)c1c([Si](C)(C)C)nnn1Cc1ccc(C(=O)O)cc1. The average molecular weight is 347 g/mol. The molecule has 1 heterocycles. The number of nitrogens with zero attached hydrogens (tertiary/aromatic N) is 3. The Balaban J connectivity index is 2.37. The lowest BCUT2D eigenvalue weighted by atomic mass is 10.1. The number of carboxylic acid groups (broad SMARTS) is 1. The third kappa shape index (κ3) is 3.88. The summed E-state index contributed by atoms with van der Waals surface area (Å²) in [5.74, 6) is -1.40. The topological polar surface area (TPSA) is 94.3 Å². The van der Waals surface area contributed by atoms with Gasteiger partial charge in [0.25, 0.3) is 0 Å². The summed E-state index contributed by atoms with van der Waals surface area (Å²) in [4.78, 5) is 23.3.